The molecule has 2 heterocycles. The molecule has 0 unspecified atom stereocenters. The lowest BCUT2D eigenvalue weighted by molar-refractivity contribution is -0.0754. The summed E-state index contributed by atoms with van der Waals surface area (Å²) in [6.45, 7) is 1.27. The smallest absolute Gasteiger partial charge is 0.273 e. The number of hydrogen-bond acceptors (Lipinski definition) is 4. The number of carbonyl (C=O) groups excluding carboxylic acids is 1. The lowest BCUT2D eigenvalue weighted by Crippen LogP contribution is -2.54. The molecule has 108 valence electrons. The maximum absolute atomic E-state index is 12.7. The molecule has 3 rings (SSSR count). The molecule has 5 heteroatoms. The van der Waals surface area contributed by atoms with Crippen molar-refractivity contribution >= 4 is 5.91 Å². The standard InChI is InChI=1S/C15H20N2O3/c1-19-14-8-4-5-11(16-14)15(18)17-9-10-20-13-7-3-2-6-12(13)17/h4-5,8,12-13H,2-3,6-7,9-10H2,1H3/t12-,13-/m0/s1. The van der Waals surface area contributed by atoms with Crippen molar-refractivity contribution in [2.75, 3.05) is 20.3 Å². The second kappa shape index (κ2) is 5.79. The molecule has 1 aliphatic heterocycles. The number of ether oxygens (including phenoxy) is 2. The van der Waals surface area contributed by atoms with Gasteiger partial charge in [-0.3, -0.25) is 4.79 Å². The summed E-state index contributed by atoms with van der Waals surface area (Å²) in [6.07, 6.45) is 4.65. The predicted octanol–water partition coefficient (Wildman–Crippen LogP) is 1.87. The SMILES string of the molecule is COc1cccc(C(=O)N2CCO[C@H]3CCCC[C@@H]32)n1. The molecule has 2 atom stereocenters. The third kappa shape index (κ3) is 2.50. The highest BCUT2D eigenvalue weighted by Gasteiger charge is 2.37. The fraction of sp³-hybridized carbons (Fsp3) is 0.600. The molecule has 0 N–H and O–H groups in total. The molecule has 0 radical (unpaired) electrons. The van der Waals surface area contributed by atoms with E-state index in [1.54, 1.807) is 25.3 Å². The monoisotopic (exact) mass is 276 g/mol. The first-order valence-electron chi connectivity index (χ1n) is 7.23. The molecule has 0 bridgehead atoms. The van der Waals surface area contributed by atoms with Crippen LogP contribution in [0.2, 0.25) is 0 Å². The molecule has 0 spiro atoms. The number of morpholine rings is 1. The van der Waals surface area contributed by atoms with Crippen LogP contribution in [0, 0.1) is 0 Å². The van der Waals surface area contributed by atoms with Crippen LogP contribution in [0.5, 0.6) is 5.88 Å². The van der Waals surface area contributed by atoms with Crippen LogP contribution in [0.25, 0.3) is 0 Å². The molecule has 2 fully saturated rings. The van der Waals surface area contributed by atoms with Gasteiger partial charge in [0, 0.05) is 12.6 Å². The van der Waals surface area contributed by atoms with Gasteiger partial charge in [0.05, 0.1) is 25.9 Å². The normalized spacial score (nSPS) is 25.9. The summed E-state index contributed by atoms with van der Waals surface area (Å²) in [5.74, 6) is 0.466. The summed E-state index contributed by atoms with van der Waals surface area (Å²) in [6, 6.07) is 5.51. The van der Waals surface area contributed by atoms with E-state index in [0.29, 0.717) is 24.7 Å². The van der Waals surface area contributed by atoms with Crippen molar-refractivity contribution in [3.8, 4) is 5.88 Å². The van der Waals surface area contributed by atoms with Crippen molar-refractivity contribution in [3.05, 3.63) is 23.9 Å². The number of methoxy groups -OCH3 is 1. The maximum atomic E-state index is 12.7. The molecule has 1 aliphatic carbocycles. The van der Waals surface area contributed by atoms with Gasteiger partial charge in [0.1, 0.15) is 5.69 Å². The Balaban J connectivity index is 1.81. The highest BCUT2D eigenvalue weighted by molar-refractivity contribution is 5.92. The number of pyridine rings is 1. The molecule has 1 aromatic rings. The van der Waals surface area contributed by atoms with Crippen LogP contribution in [-0.4, -0.2) is 48.2 Å². The molecule has 1 amide bonds. The largest absolute Gasteiger partial charge is 0.481 e. The lowest BCUT2D eigenvalue weighted by Gasteiger charge is -2.43. The van der Waals surface area contributed by atoms with Gasteiger partial charge in [0.15, 0.2) is 0 Å². The average molecular weight is 276 g/mol. The van der Waals surface area contributed by atoms with Crippen molar-refractivity contribution in [1.82, 2.24) is 9.88 Å². The highest BCUT2D eigenvalue weighted by atomic mass is 16.5. The maximum Gasteiger partial charge on any atom is 0.273 e. The molecule has 5 nitrogen and oxygen atoms in total. The van der Waals surface area contributed by atoms with Crippen molar-refractivity contribution in [3.63, 3.8) is 0 Å². The molecule has 1 aromatic heterocycles. The predicted molar refractivity (Wildman–Crippen MR) is 73.8 cm³/mol. The Hall–Kier alpha value is -1.62. The number of carbonyl (C=O) groups is 1. The summed E-state index contributed by atoms with van der Waals surface area (Å²) in [4.78, 5) is 18.9. The average Bonchev–Trinajstić information content (AvgIpc) is 2.53. The van der Waals surface area contributed by atoms with Gasteiger partial charge in [-0.25, -0.2) is 4.98 Å². The Morgan fingerprint density at radius 1 is 1.40 bits per heavy atom. The first kappa shape index (κ1) is 13.4. The first-order chi connectivity index (χ1) is 9.79. The Kier molecular flexibility index (Phi) is 3.87. The van der Waals surface area contributed by atoms with Crippen LogP contribution in [0.15, 0.2) is 18.2 Å². The van der Waals surface area contributed by atoms with Gasteiger partial charge < -0.3 is 14.4 Å². The minimum Gasteiger partial charge on any atom is -0.481 e. The second-order valence-electron chi connectivity index (χ2n) is 5.32. The third-order valence-corrected chi connectivity index (χ3v) is 4.14. The van der Waals surface area contributed by atoms with Gasteiger partial charge in [-0.15, -0.1) is 0 Å². The number of hydrogen-bond donors (Lipinski definition) is 0. The van der Waals surface area contributed by atoms with Gasteiger partial charge in [-0.05, 0) is 18.9 Å². The second-order valence-corrected chi connectivity index (χ2v) is 5.32. The van der Waals surface area contributed by atoms with Crippen LogP contribution < -0.4 is 4.74 Å². The number of amides is 1. The minimum absolute atomic E-state index is 0.0101. The lowest BCUT2D eigenvalue weighted by atomic mass is 9.90. The molecular formula is C15H20N2O3. The van der Waals surface area contributed by atoms with Gasteiger partial charge in [0.25, 0.3) is 5.91 Å². The Morgan fingerprint density at radius 3 is 3.10 bits per heavy atom. The molecular weight excluding hydrogens is 256 g/mol. The van der Waals surface area contributed by atoms with Crippen LogP contribution in [0.4, 0.5) is 0 Å². The number of fused-ring (bicyclic) bond motifs is 1. The zero-order valence-corrected chi connectivity index (χ0v) is 11.7. The number of rotatable bonds is 2. The Bertz CT molecular complexity index is 490. The van der Waals surface area contributed by atoms with Crippen molar-refractivity contribution in [2.24, 2.45) is 0 Å². The minimum atomic E-state index is -0.0101. The molecule has 20 heavy (non-hydrogen) atoms. The van der Waals surface area contributed by atoms with E-state index in [9.17, 15) is 4.79 Å². The van der Waals surface area contributed by atoms with Gasteiger partial charge in [-0.1, -0.05) is 18.9 Å². The fourth-order valence-corrected chi connectivity index (χ4v) is 3.14. The first-order valence-corrected chi connectivity index (χ1v) is 7.23. The summed E-state index contributed by atoms with van der Waals surface area (Å²) < 4.78 is 10.9. The quantitative estimate of drug-likeness (QED) is 0.827. The van der Waals surface area contributed by atoms with E-state index in [1.165, 1.54) is 12.8 Å². The van der Waals surface area contributed by atoms with Gasteiger partial charge in [-0.2, -0.15) is 0 Å². The van der Waals surface area contributed by atoms with Crippen LogP contribution in [-0.2, 0) is 4.74 Å². The van der Waals surface area contributed by atoms with Gasteiger partial charge in [0.2, 0.25) is 5.88 Å². The number of aromatic nitrogens is 1. The number of nitrogens with zero attached hydrogens (tertiary/aromatic N) is 2. The Morgan fingerprint density at radius 2 is 2.25 bits per heavy atom. The van der Waals surface area contributed by atoms with Gasteiger partial charge >= 0.3 is 0 Å². The fourth-order valence-electron chi connectivity index (χ4n) is 3.14. The zero-order chi connectivity index (χ0) is 13.9. The molecule has 2 aliphatic rings. The third-order valence-electron chi connectivity index (χ3n) is 4.14. The highest BCUT2D eigenvalue weighted by Crippen LogP contribution is 2.29. The summed E-state index contributed by atoms with van der Waals surface area (Å²) in [5, 5.41) is 0. The van der Waals surface area contributed by atoms with E-state index in [-0.39, 0.29) is 18.1 Å². The summed E-state index contributed by atoms with van der Waals surface area (Å²) in [5.41, 5.74) is 0.454. The zero-order valence-electron chi connectivity index (χ0n) is 11.7. The van der Waals surface area contributed by atoms with Crippen molar-refractivity contribution in [2.45, 2.75) is 37.8 Å². The summed E-state index contributed by atoms with van der Waals surface area (Å²) in [7, 11) is 1.56. The van der Waals surface area contributed by atoms with E-state index in [4.69, 9.17) is 9.47 Å². The molecule has 0 aromatic carbocycles. The Labute approximate surface area is 118 Å². The van der Waals surface area contributed by atoms with E-state index in [1.807, 2.05) is 4.90 Å². The molecule has 1 saturated heterocycles. The van der Waals surface area contributed by atoms with Crippen LogP contribution in [0.3, 0.4) is 0 Å². The van der Waals surface area contributed by atoms with Crippen LogP contribution in [0.1, 0.15) is 36.2 Å². The summed E-state index contributed by atoms with van der Waals surface area (Å²) >= 11 is 0. The van der Waals surface area contributed by atoms with Crippen molar-refractivity contribution < 1.29 is 14.3 Å². The van der Waals surface area contributed by atoms with E-state index >= 15 is 0 Å². The van der Waals surface area contributed by atoms with E-state index < -0.39 is 0 Å². The topological polar surface area (TPSA) is 51.7 Å². The molecule has 1 saturated carbocycles. The van der Waals surface area contributed by atoms with E-state index in [0.717, 1.165) is 12.8 Å². The van der Waals surface area contributed by atoms with Crippen molar-refractivity contribution in [1.29, 1.82) is 0 Å². The van der Waals surface area contributed by atoms with Crippen LogP contribution >= 0.6 is 0 Å². The van der Waals surface area contributed by atoms with E-state index in [2.05, 4.69) is 4.98 Å².